The van der Waals surface area contributed by atoms with Gasteiger partial charge in [0.25, 0.3) is 0 Å². The van der Waals surface area contributed by atoms with Crippen molar-refractivity contribution < 1.29 is 4.74 Å². The number of fused-ring (bicyclic) bond motifs is 1. The summed E-state index contributed by atoms with van der Waals surface area (Å²) >= 11 is 0. The Kier molecular flexibility index (Phi) is 13.3. The van der Waals surface area contributed by atoms with E-state index in [9.17, 15) is 0 Å². The number of nitrogen functional groups attached to an aromatic ring is 1. The van der Waals surface area contributed by atoms with Gasteiger partial charge in [-0.15, -0.1) is 0 Å². The largest absolute Gasteiger partial charge is 0.401 e. The van der Waals surface area contributed by atoms with Gasteiger partial charge in [0.1, 0.15) is 12.1 Å². The average molecular weight is 431 g/mol. The molecule has 0 bridgehead atoms. The van der Waals surface area contributed by atoms with Gasteiger partial charge in [-0.3, -0.25) is 0 Å². The van der Waals surface area contributed by atoms with Gasteiger partial charge in [-0.2, -0.15) is 0 Å². The Labute approximate surface area is 187 Å². The van der Waals surface area contributed by atoms with Crippen molar-refractivity contribution in [3.05, 3.63) is 35.8 Å². The second kappa shape index (κ2) is 15.4. The van der Waals surface area contributed by atoms with Crippen LogP contribution < -0.4 is 22.5 Å². The number of aromatic nitrogens is 2. The van der Waals surface area contributed by atoms with Crippen LogP contribution >= 0.6 is 0 Å². The third kappa shape index (κ3) is 9.98. The van der Waals surface area contributed by atoms with Gasteiger partial charge < -0.3 is 27.3 Å². The van der Waals surface area contributed by atoms with E-state index in [1.807, 2.05) is 32.0 Å². The standard InChI is InChI=1S/C11H13N5.C7H14.C4H9NO.C2H6/c1-6(12)10(13)7-2-3-9-8(4-7)11(14)16-5-15-9;1-7-5-3-2-4-6-7;1-3-6-4-2-5-1;1-2/h2-5H,12-13H2,1H3,(H2,14,15,16);7H,2-6H2,1H3;5H,1-4H2;1-2H3/b10-6-;;;. The summed E-state index contributed by atoms with van der Waals surface area (Å²) in [6.45, 7) is 11.9. The van der Waals surface area contributed by atoms with Crippen LogP contribution in [0, 0.1) is 5.92 Å². The lowest BCUT2D eigenvalue weighted by molar-refractivity contribution is 0.109. The maximum atomic E-state index is 5.85. The highest BCUT2D eigenvalue weighted by Crippen LogP contribution is 2.22. The minimum atomic E-state index is 0.439. The molecule has 2 aromatic rings. The van der Waals surface area contributed by atoms with Crippen molar-refractivity contribution in [1.29, 1.82) is 0 Å². The zero-order valence-corrected chi connectivity index (χ0v) is 19.8. The van der Waals surface area contributed by atoms with E-state index in [0.29, 0.717) is 17.2 Å². The first-order valence-electron chi connectivity index (χ1n) is 11.5. The van der Waals surface area contributed by atoms with Crippen LogP contribution in [0.4, 0.5) is 5.82 Å². The lowest BCUT2D eigenvalue weighted by Crippen LogP contribution is -2.30. The Balaban J connectivity index is 0.000000263. The molecule has 1 aliphatic carbocycles. The van der Waals surface area contributed by atoms with E-state index in [1.165, 1.54) is 38.4 Å². The van der Waals surface area contributed by atoms with E-state index in [4.69, 9.17) is 21.9 Å². The maximum Gasteiger partial charge on any atom is 0.134 e. The summed E-state index contributed by atoms with van der Waals surface area (Å²) in [5, 5.41) is 3.94. The number of nitrogens with two attached hydrogens (primary N) is 3. The van der Waals surface area contributed by atoms with Crippen LogP contribution in [0.5, 0.6) is 0 Å². The van der Waals surface area contributed by atoms with Crippen molar-refractivity contribution in [3.8, 4) is 0 Å². The summed E-state index contributed by atoms with van der Waals surface area (Å²) in [5.41, 5.74) is 20.0. The van der Waals surface area contributed by atoms with E-state index in [-0.39, 0.29) is 0 Å². The molecule has 31 heavy (non-hydrogen) atoms. The van der Waals surface area contributed by atoms with Crippen LogP contribution in [0.15, 0.2) is 30.2 Å². The summed E-state index contributed by atoms with van der Waals surface area (Å²) < 4.78 is 5.01. The molecule has 1 saturated heterocycles. The van der Waals surface area contributed by atoms with Crippen molar-refractivity contribution in [2.24, 2.45) is 17.4 Å². The maximum absolute atomic E-state index is 5.85. The van der Waals surface area contributed by atoms with Crippen LogP contribution in [0.1, 0.15) is 65.4 Å². The Morgan fingerprint density at radius 1 is 1.03 bits per heavy atom. The van der Waals surface area contributed by atoms with Crippen molar-refractivity contribution in [3.63, 3.8) is 0 Å². The highest BCUT2D eigenvalue weighted by Gasteiger charge is 2.06. The average Bonchev–Trinajstić information content (AvgIpc) is 2.82. The molecule has 0 amide bonds. The van der Waals surface area contributed by atoms with Gasteiger partial charge >= 0.3 is 0 Å². The van der Waals surface area contributed by atoms with Gasteiger partial charge in [0.2, 0.25) is 0 Å². The topological polar surface area (TPSA) is 125 Å². The minimum Gasteiger partial charge on any atom is -0.401 e. The molecular formula is C24H42N6O. The van der Waals surface area contributed by atoms with Crippen LogP contribution in [-0.2, 0) is 4.74 Å². The predicted molar refractivity (Wildman–Crippen MR) is 132 cm³/mol. The van der Waals surface area contributed by atoms with Gasteiger partial charge in [-0.25, -0.2) is 9.97 Å². The SMILES string of the molecule is C/C(N)=C(/N)c1ccc2ncnc(N)c2c1.C1COCCN1.CC.CC1CCCCC1. The van der Waals surface area contributed by atoms with E-state index in [1.54, 1.807) is 6.92 Å². The number of hydrogen-bond acceptors (Lipinski definition) is 7. The molecule has 1 saturated carbocycles. The fourth-order valence-corrected chi connectivity index (χ4v) is 3.29. The van der Waals surface area contributed by atoms with Crippen LogP contribution in [0.25, 0.3) is 16.6 Å². The van der Waals surface area contributed by atoms with Crippen molar-refractivity contribution in [2.45, 2.75) is 59.8 Å². The molecule has 1 aromatic carbocycles. The molecule has 2 heterocycles. The number of hydrogen-bond donors (Lipinski definition) is 4. The van der Waals surface area contributed by atoms with Gasteiger partial charge in [0, 0.05) is 29.7 Å². The molecule has 0 unspecified atom stereocenters. The van der Waals surface area contributed by atoms with E-state index >= 15 is 0 Å². The highest BCUT2D eigenvalue weighted by atomic mass is 16.5. The number of rotatable bonds is 1. The molecule has 7 N–H and O–H groups in total. The number of nitrogens with zero attached hydrogens (tertiary/aromatic N) is 2. The third-order valence-electron chi connectivity index (χ3n) is 5.14. The first-order valence-corrected chi connectivity index (χ1v) is 11.5. The second-order valence-electron chi connectivity index (χ2n) is 7.69. The molecule has 1 aliphatic heterocycles. The van der Waals surface area contributed by atoms with Gasteiger partial charge in [-0.1, -0.05) is 58.9 Å². The molecule has 0 spiro atoms. The molecule has 2 fully saturated rings. The Morgan fingerprint density at radius 3 is 2.13 bits per heavy atom. The summed E-state index contributed by atoms with van der Waals surface area (Å²) in [4.78, 5) is 8.04. The summed E-state index contributed by atoms with van der Waals surface area (Å²) in [6, 6.07) is 5.55. The normalized spacial score (nSPS) is 17.0. The smallest absolute Gasteiger partial charge is 0.134 e. The Hall–Kier alpha value is -2.38. The first kappa shape index (κ1) is 26.7. The third-order valence-corrected chi connectivity index (χ3v) is 5.14. The molecular weight excluding hydrogens is 388 g/mol. The summed E-state index contributed by atoms with van der Waals surface area (Å²) in [6.07, 6.45) is 8.87. The van der Waals surface area contributed by atoms with E-state index in [2.05, 4.69) is 22.2 Å². The first-order chi connectivity index (χ1) is 15.0. The second-order valence-corrected chi connectivity index (χ2v) is 7.69. The van der Waals surface area contributed by atoms with Crippen LogP contribution in [-0.4, -0.2) is 36.3 Å². The fraction of sp³-hybridized carbons (Fsp3) is 0.583. The van der Waals surface area contributed by atoms with E-state index < -0.39 is 0 Å². The number of benzene rings is 1. The predicted octanol–water partition coefficient (Wildman–Crippen LogP) is 4.04. The zero-order valence-electron chi connectivity index (χ0n) is 19.8. The van der Waals surface area contributed by atoms with Crippen molar-refractivity contribution >= 4 is 22.4 Å². The van der Waals surface area contributed by atoms with Crippen LogP contribution in [0.3, 0.4) is 0 Å². The van der Waals surface area contributed by atoms with Gasteiger partial charge in [-0.05, 0) is 25.0 Å². The zero-order chi connectivity index (χ0) is 23.1. The monoisotopic (exact) mass is 430 g/mol. The molecule has 0 atom stereocenters. The lowest BCUT2D eigenvalue weighted by Gasteiger charge is -2.15. The number of anilines is 1. The molecule has 0 radical (unpaired) electrons. The molecule has 7 heteroatoms. The molecule has 4 rings (SSSR count). The molecule has 174 valence electrons. The molecule has 1 aromatic heterocycles. The summed E-state index contributed by atoms with van der Waals surface area (Å²) in [7, 11) is 0. The lowest BCUT2D eigenvalue weighted by atomic mass is 9.91. The molecule has 2 aliphatic rings. The van der Waals surface area contributed by atoms with Gasteiger partial charge in [0.15, 0.2) is 0 Å². The van der Waals surface area contributed by atoms with Crippen molar-refractivity contribution in [1.82, 2.24) is 15.3 Å². The van der Waals surface area contributed by atoms with Crippen LogP contribution in [0.2, 0.25) is 0 Å². The van der Waals surface area contributed by atoms with Gasteiger partial charge in [0.05, 0.1) is 24.4 Å². The minimum absolute atomic E-state index is 0.439. The quantitative estimate of drug-likeness (QED) is 0.538. The number of nitrogens with one attached hydrogen (secondary N) is 1. The highest BCUT2D eigenvalue weighted by molar-refractivity contribution is 5.90. The van der Waals surface area contributed by atoms with Crippen molar-refractivity contribution in [2.75, 3.05) is 32.0 Å². The Bertz CT molecular complexity index is 767. The summed E-state index contributed by atoms with van der Waals surface area (Å²) in [5.74, 6) is 1.48. The number of allylic oxidation sites excluding steroid dienone is 1. The Morgan fingerprint density at radius 2 is 1.68 bits per heavy atom. The number of ether oxygens (including phenoxy) is 1. The van der Waals surface area contributed by atoms with E-state index in [0.717, 1.165) is 48.7 Å². The molecule has 7 nitrogen and oxygen atoms in total. The fourth-order valence-electron chi connectivity index (χ4n) is 3.29. The number of morpholine rings is 1.